The molecule has 0 fully saturated rings. The van der Waals surface area contributed by atoms with Gasteiger partial charge in [-0.25, -0.2) is 14.6 Å². The summed E-state index contributed by atoms with van der Waals surface area (Å²) >= 11 is 1.11. The van der Waals surface area contributed by atoms with Crippen molar-refractivity contribution in [1.82, 2.24) is 9.55 Å². The molecule has 0 saturated heterocycles. The molecular formula is C20H20N2O5S. The Morgan fingerprint density at radius 2 is 1.96 bits per heavy atom. The van der Waals surface area contributed by atoms with Crippen LogP contribution >= 0.6 is 11.3 Å². The van der Waals surface area contributed by atoms with E-state index in [2.05, 4.69) is 4.98 Å². The summed E-state index contributed by atoms with van der Waals surface area (Å²) in [5, 5.41) is 0.321. The van der Waals surface area contributed by atoms with Gasteiger partial charge >= 0.3 is 11.9 Å². The van der Waals surface area contributed by atoms with E-state index < -0.39 is 18.0 Å². The van der Waals surface area contributed by atoms with E-state index in [-0.39, 0.29) is 12.2 Å². The third kappa shape index (κ3) is 3.68. The molecule has 0 aliphatic carbocycles. The van der Waals surface area contributed by atoms with E-state index in [1.165, 1.54) is 18.0 Å². The fourth-order valence-corrected chi connectivity index (χ4v) is 3.99. The summed E-state index contributed by atoms with van der Waals surface area (Å²) in [5.74, 6) is -1.02. The van der Waals surface area contributed by atoms with Gasteiger partial charge in [-0.05, 0) is 24.5 Å². The second-order valence-corrected chi connectivity index (χ2v) is 7.20. The van der Waals surface area contributed by atoms with Gasteiger partial charge < -0.3 is 9.47 Å². The van der Waals surface area contributed by atoms with Gasteiger partial charge in [0.05, 0.1) is 18.8 Å². The van der Waals surface area contributed by atoms with Crippen LogP contribution in [0.4, 0.5) is 0 Å². The molecule has 0 aliphatic rings. The average molecular weight is 400 g/mol. The van der Waals surface area contributed by atoms with Gasteiger partial charge in [0.15, 0.2) is 0 Å². The van der Waals surface area contributed by atoms with Gasteiger partial charge in [0.1, 0.15) is 22.4 Å². The molecular weight excluding hydrogens is 380 g/mol. The Morgan fingerprint density at radius 3 is 2.61 bits per heavy atom. The van der Waals surface area contributed by atoms with Crippen molar-refractivity contribution in [3.05, 3.63) is 63.0 Å². The van der Waals surface area contributed by atoms with Crippen molar-refractivity contribution in [2.45, 2.75) is 32.9 Å². The van der Waals surface area contributed by atoms with Crippen LogP contribution in [-0.2, 0) is 20.9 Å². The molecule has 0 bridgehead atoms. The number of aromatic nitrogens is 2. The highest BCUT2D eigenvalue weighted by molar-refractivity contribution is 7.20. The van der Waals surface area contributed by atoms with Crippen LogP contribution in [0.5, 0.6) is 0 Å². The summed E-state index contributed by atoms with van der Waals surface area (Å²) in [6.07, 6.45) is 1.71. The number of methoxy groups -OCH3 is 1. The molecule has 3 aromatic rings. The number of carbonyl (C=O) groups is 2. The number of nitrogens with zero attached hydrogens (tertiary/aromatic N) is 2. The summed E-state index contributed by atoms with van der Waals surface area (Å²) in [6.45, 7) is 3.61. The topological polar surface area (TPSA) is 87.5 Å². The zero-order chi connectivity index (χ0) is 20.3. The highest BCUT2D eigenvalue weighted by Crippen LogP contribution is 2.28. The number of esters is 2. The SMILES string of the molecule is CCC(C(=O)OC)n1cnc2sc(C(=O)OCc3ccccc3)c(C)c2c1=O. The molecule has 2 aromatic heterocycles. The zero-order valence-electron chi connectivity index (χ0n) is 15.8. The second kappa shape index (κ2) is 8.35. The molecule has 3 rings (SSSR count). The van der Waals surface area contributed by atoms with Crippen molar-refractivity contribution in [1.29, 1.82) is 0 Å². The van der Waals surface area contributed by atoms with E-state index in [1.54, 1.807) is 13.8 Å². The lowest BCUT2D eigenvalue weighted by Crippen LogP contribution is -2.30. The highest BCUT2D eigenvalue weighted by atomic mass is 32.1. The summed E-state index contributed by atoms with van der Waals surface area (Å²) in [6, 6.07) is 8.58. The molecule has 1 unspecified atom stereocenters. The molecule has 0 amide bonds. The Kier molecular flexibility index (Phi) is 5.89. The number of hydrogen-bond donors (Lipinski definition) is 0. The molecule has 1 aromatic carbocycles. The monoisotopic (exact) mass is 400 g/mol. The van der Waals surface area contributed by atoms with Crippen molar-refractivity contribution in [2.24, 2.45) is 0 Å². The Bertz CT molecular complexity index is 1070. The van der Waals surface area contributed by atoms with Gasteiger partial charge in [-0.2, -0.15) is 0 Å². The van der Waals surface area contributed by atoms with Crippen LogP contribution in [0.1, 0.15) is 40.2 Å². The van der Waals surface area contributed by atoms with Gasteiger partial charge in [0, 0.05) is 0 Å². The maximum absolute atomic E-state index is 13.0. The number of fused-ring (bicyclic) bond motifs is 1. The lowest BCUT2D eigenvalue weighted by atomic mass is 10.2. The summed E-state index contributed by atoms with van der Waals surface area (Å²) in [4.78, 5) is 42.5. The third-order valence-electron chi connectivity index (χ3n) is 4.47. The van der Waals surface area contributed by atoms with E-state index in [0.29, 0.717) is 27.1 Å². The standard InChI is InChI=1S/C20H20N2O5S/c1-4-14(19(24)26-3)22-11-21-17-15(18(22)23)12(2)16(28-17)20(25)27-10-13-8-6-5-7-9-13/h5-9,11,14H,4,10H2,1-3H3. The van der Waals surface area contributed by atoms with Crippen molar-refractivity contribution >= 4 is 33.5 Å². The maximum atomic E-state index is 13.0. The van der Waals surface area contributed by atoms with Crippen LogP contribution in [-0.4, -0.2) is 28.6 Å². The molecule has 7 nitrogen and oxygen atoms in total. The van der Waals surface area contributed by atoms with Crippen LogP contribution < -0.4 is 5.56 Å². The number of ether oxygens (including phenoxy) is 2. The van der Waals surface area contributed by atoms with Gasteiger partial charge in [-0.15, -0.1) is 11.3 Å². The quantitative estimate of drug-likeness (QED) is 0.590. The smallest absolute Gasteiger partial charge is 0.349 e. The third-order valence-corrected chi connectivity index (χ3v) is 5.65. The molecule has 0 N–H and O–H groups in total. The lowest BCUT2D eigenvalue weighted by molar-refractivity contribution is -0.144. The predicted octanol–water partition coefficient (Wildman–Crippen LogP) is 3.25. The largest absolute Gasteiger partial charge is 0.467 e. The Labute approximate surface area is 165 Å². The molecule has 28 heavy (non-hydrogen) atoms. The zero-order valence-corrected chi connectivity index (χ0v) is 16.6. The fraction of sp³-hybridized carbons (Fsp3) is 0.300. The Hall–Kier alpha value is -3.00. The van der Waals surface area contributed by atoms with Crippen molar-refractivity contribution < 1.29 is 19.1 Å². The molecule has 2 heterocycles. The summed E-state index contributed by atoms with van der Waals surface area (Å²) in [7, 11) is 1.28. The molecule has 146 valence electrons. The van der Waals surface area contributed by atoms with Crippen LogP contribution in [0.3, 0.4) is 0 Å². The van der Waals surface area contributed by atoms with Gasteiger partial charge in [-0.1, -0.05) is 37.3 Å². The molecule has 0 spiro atoms. The minimum atomic E-state index is -0.762. The van der Waals surface area contributed by atoms with Gasteiger partial charge in [-0.3, -0.25) is 9.36 Å². The molecule has 0 radical (unpaired) electrons. The average Bonchev–Trinajstić information content (AvgIpc) is 3.06. The van der Waals surface area contributed by atoms with E-state index in [4.69, 9.17) is 9.47 Å². The Balaban J connectivity index is 1.94. The first-order valence-corrected chi connectivity index (χ1v) is 9.58. The normalized spacial score (nSPS) is 12.0. The number of hydrogen-bond acceptors (Lipinski definition) is 7. The van der Waals surface area contributed by atoms with Crippen molar-refractivity contribution in [2.75, 3.05) is 7.11 Å². The highest BCUT2D eigenvalue weighted by Gasteiger charge is 2.25. The van der Waals surface area contributed by atoms with Gasteiger partial charge in [0.2, 0.25) is 0 Å². The maximum Gasteiger partial charge on any atom is 0.349 e. The minimum absolute atomic E-state index is 0.144. The number of thiophene rings is 1. The second-order valence-electron chi connectivity index (χ2n) is 6.20. The molecule has 1 atom stereocenters. The van der Waals surface area contributed by atoms with Crippen molar-refractivity contribution in [3.63, 3.8) is 0 Å². The van der Waals surface area contributed by atoms with Gasteiger partial charge in [0.25, 0.3) is 5.56 Å². The first-order valence-electron chi connectivity index (χ1n) is 8.77. The van der Waals surface area contributed by atoms with E-state index in [1.807, 2.05) is 30.3 Å². The van der Waals surface area contributed by atoms with E-state index in [9.17, 15) is 14.4 Å². The fourth-order valence-electron chi connectivity index (χ4n) is 2.96. The number of aryl methyl sites for hydroxylation is 1. The van der Waals surface area contributed by atoms with Crippen LogP contribution in [0, 0.1) is 6.92 Å². The first kappa shape index (κ1) is 19.8. The minimum Gasteiger partial charge on any atom is -0.467 e. The molecule has 0 saturated carbocycles. The molecule has 8 heteroatoms. The van der Waals surface area contributed by atoms with E-state index >= 15 is 0 Å². The summed E-state index contributed by atoms with van der Waals surface area (Å²) < 4.78 is 11.4. The predicted molar refractivity (Wildman–Crippen MR) is 106 cm³/mol. The van der Waals surface area contributed by atoms with Crippen LogP contribution in [0.2, 0.25) is 0 Å². The first-order chi connectivity index (χ1) is 13.5. The molecule has 0 aliphatic heterocycles. The number of rotatable bonds is 6. The lowest BCUT2D eigenvalue weighted by Gasteiger charge is -2.15. The number of benzene rings is 1. The van der Waals surface area contributed by atoms with Crippen molar-refractivity contribution in [3.8, 4) is 0 Å². The number of carbonyl (C=O) groups excluding carboxylic acids is 2. The van der Waals surface area contributed by atoms with E-state index in [0.717, 1.165) is 16.9 Å². The van der Waals surface area contributed by atoms with Crippen LogP contribution in [0.25, 0.3) is 10.2 Å². The van der Waals surface area contributed by atoms with Crippen LogP contribution in [0.15, 0.2) is 41.5 Å². The summed E-state index contributed by atoms with van der Waals surface area (Å²) in [5.41, 5.74) is 1.00. The Morgan fingerprint density at radius 1 is 1.25 bits per heavy atom.